The highest BCUT2D eigenvalue weighted by Crippen LogP contribution is 2.40. The second-order valence-electron chi connectivity index (χ2n) is 3.82. The molecule has 0 heterocycles. The molecule has 88 valence electrons. The number of rotatable bonds is 1. The number of halogens is 3. The highest BCUT2D eigenvalue weighted by Gasteiger charge is 2.46. The van der Waals surface area contributed by atoms with Crippen LogP contribution < -0.4 is 0 Å². The Morgan fingerprint density at radius 1 is 1.33 bits per heavy atom. The first-order valence-electron chi connectivity index (χ1n) is 4.67. The third-order valence-electron chi connectivity index (χ3n) is 2.68. The lowest BCUT2D eigenvalue weighted by Gasteiger charge is -2.32. The Kier molecular flexibility index (Phi) is 3.59. The summed E-state index contributed by atoms with van der Waals surface area (Å²) in [7, 11) is 1.13. The molecule has 0 saturated heterocycles. The second-order valence-corrected chi connectivity index (χ2v) is 3.82. The molecule has 0 spiro atoms. The minimum absolute atomic E-state index is 0.0548. The molecule has 0 aromatic carbocycles. The standard InChI is InChI=1S/C9H13F3O3/c1-15-8(14)5-2-6(9(10,11)12)4-7(13)3-5/h5-7,13H,2-4H2,1H3. The van der Waals surface area contributed by atoms with Crippen LogP contribution in [0, 0.1) is 11.8 Å². The SMILES string of the molecule is COC(=O)C1CC(O)CC(C(F)(F)F)C1. The summed E-state index contributed by atoms with van der Waals surface area (Å²) in [4.78, 5) is 11.1. The first-order valence-corrected chi connectivity index (χ1v) is 4.67. The Balaban J connectivity index is 2.68. The summed E-state index contributed by atoms with van der Waals surface area (Å²) in [6, 6.07) is 0. The van der Waals surface area contributed by atoms with Crippen molar-refractivity contribution >= 4 is 5.97 Å². The van der Waals surface area contributed by atoms with Crippen LogP contribution in [0.1, 0.15) is 19.3 Å². The van der Waals surface area contributed by atoms with Gasteiger partial charge in [0.1, 0.15) is 0 Å². The normalized spacial score (nSPS) is 32.5. The van der Waals surface area contributed by atoms with Crippen molar-refractivity contribution in [1.29, 1.82) is 0 Å². The van der Waals surface area contributed by atoms with E-state index in [0.29, 0.717) is 0 Å². The zero-order valence-corrected chi connectivity index (χ0v) is 8.25. The summed E-state index contributed by atoms with van der Waals surface area (Å²) in [6.07, 6.45) is -5.98. The number of carbonyl (C=O) groups excluding carboxylic acids is 1. The van der Waals surface area contributed by atoms with E-state index in [-0.39, 0.29) is 19.3 Å². The Morgan fingerprint density at radius 3 is 2.40 bits per heavy atom. The summed E-state index contributed by atoms with van der Waals surface area (Å²) in [6.45, 7) is 0. The summed E-state index contributed by atoms with van der Waals surface area (Å²) in [5, 5.41) is 9.25. The number of aliphatic hydroxyl groups is 1. The van der Waals surface area contributed by atoms with Gasteiger partial charge in [-0.1, -0.05) is 0 Å². The van der Waals surface area contributed by atoms with Crippen molar-refractivity contribution in [2.45, 2.75) is 31.5 Å². The fraction of sp³-hybridized carbons (Fsp3) is 0.889. The number of aliphatic hydroxyl groups excluding tert-OH is 1. The predicted octanol–water partition coefficient (Wildman–Crippen LogP) is 1.50. The van der Waals surface area contributed by atoms with Crippen molar-refractivity contribution in [1.82, 2.24) is 0 Å². The molecule has 6 heteroatoms. The number of esters is 1. The molecule has 3 atom stereocenters. The first kappa shape index (κ1) is 12.3. The van der Waals surface area contributed by atoms with Crippen LogP contribution >= 0.6 is 0 Å². The maximum Gasteiger partial charge on any atom is 0.391 e. The molecule has 0 aliphatic heterocycles. The molecule has 3 unspecified atom stereocenters. The van der Waals surface area contributed by atoms with Gasteiger partial charge in [-0.2, -0.15) is 13.2 Å². The molecule has 1 fully saturated rings. The summed E-state index contributed by atoms with van der Waals surface area (Å²) < 4.78 is 41.6. The molecule has 1 saturated carbocycles. The molecule has 1 rings (SSSR count). The Labute approximate surface area is 85.2 Å². The maximum atomic E-state index is 12.4. The van der Waals surface area contributed by atoms with E-state index in [0.717, 1.165) is 7.11 Å². The number of ether oxygens (including phenoxy) is 1. The van der Waals surface area contributed by atoms with E-state index in [1.54, 1.807) is 0 Å². The Morgan fingerprint density at radius 2 is 1.93 bits per heavy atom. The smallest absolute Gasteiger partial charge is 0.391 e. The molecule has 0 amide bonds. The van der Waals surface area contributed by atoms with Crippen molar-refractivity contribution in [2.75, 3.05) is 7.11 Å². The number of hydrogen-bond donors (Lipinski definition) is 1. The average molecular weight is 226 g/mol. The Bertz CT molecular complexity index is 239. The molecule has 0 bridgehead atoms. The average Bonchev–Trinajstić information content (AvgIpc) is 2.14. The molecular weight excluding hydrogens is 213 g/mol. The lowest BCUT2D eigenvalue weighted by molar-refractivity contribution is -0.197. The van der Waals surface area contributed by atoms with E-state index < -0.39 is 30.1 Å². The van der Waals surface area contributed by atoms with Crippen LogP contribution in [0.15, 0.2) is 0 Å². The van der Waals surface area contributed by atoms with Crippen LogP contribution in [0.2, 0.25) is 0 Å². The van der Waals surface area contributed by atoms with Gasteiger partial charge in [0.05, 0.1) is 25.0 Å². The van der Waals surface area contributed by atoms with Gasteiger partial charge in [0.15, 0.2) is 0 Å². The van der Waals surface area contributed by atoms with E-state index in [9.17, 15) is 23.1 Å². The van der Waals surface area contributed by atoms with Gasteiger partial charge in [-0.05, 0) is 19.3 Å². The fourth-order valence-corrected chi connectivity index (χ4v) is 1.92. The molecular formula is C9H13F3O3. The van der Waals surface area contributed by atoms with Crippen LogP contribution in [0.5, 0.6) is 0 Å². The fourth-order valence-electron chi connectivity index (χ4n) is 1.92. The zero-order chi connectivity index (χ0) is 11.6. The topological polar surface area (TPSA) is 46.5 Å². The summed E-state index contributed by atoms with van der Waals surface area (Å²) in [5.74, 6) is -3.13. The van der Waals surface area contributed by atoms with Gasteiger partial charge in [-0.25, -0.2) is 0 Å². The van der Waals surface area contributed by atoms with Crippen LogP contribution in [0.25, 0.3) is 0 Å². The van der Waals surface area contributed by atoms with Gasteiger partial charge in [0.25, 0.3) is 0 Å². The number of alkyl halides is 3. The third kappa shape index (κ3) is 3.09. The molecule has 15 heavy (non-hydrogen) atoms. The molecule has 0 aromatic rings. The van der Waals surface area contributed by atoms with Gasteiger partial charge < -0.3 is 9.84 Å². The molecule has 1 N–H and O–H groups in total. The molecule has 0 aromatic heterocycles. The minimum Gasteiger partial charge on any atom is -0.469 e. The van der Waals surface area contributed by atoms with E-state index >= 15 is 0 Å². The third-order valence-corrected chi connectivity index (χ3v) is 2.68. The van der Waals surface area contributed by atoms with Gasteiger partial charge in [0.2, 0.25) is 0 Å². The highest BCUT2D eigenvalue weighted by molar-refractivity contribution is 5.72. The summed E-state index contributed by atoms with van der Waals surface area (Å²) in [5.41, 5.74) is 0. The quantitative estimate of drug-likeness (QED) is 0.689. The lowest BCUT2D eigenvalue weighted by atomic mass is 9.79. The van der Waals surface area contributed by atoms with Gasteiger partial charge in [-0.15, -0.1) is 0 Å². The molecule has 3 nitrogen and oxygen atoms in total. The van der Waals surface area contributed by atoms with Crippen LogP contribution in [-0.4, -0.2) is 30.5 Å². The van der Waals surface area contributed by atoms with Crippen molar-refractivity contribution in [2.24, 2.45) is 11.8 Å². The Hall–Kier alpha value is -0.780. The van der Waals surface area contributed by atoms with Crippen molar-refractivity contribution < 1.29 is 27.8 Å². The predicted molar refractivity (Wildman–Crippen MR) is 44.9 cm³/mol. The van der Waals surface area contributed by atoms with Crippen molar-refractivity contribution in [3.05, 3.63) is 0 Å². The largest absolute Gasteiger partial charge is 0.469 e. The van der Waals surface area contributed by atoms with Crippen LogP contribution in [0.4, 0.5) is 13.2 Å². The summed E-state index contributed by atoms with van der Waals surface area (Å²) >= 11 is 0. The maximum absolute atomic E-state index is 12.4. The van der Waals surface area contributed by atoms with Gasteiger partial charge >= 0.3 is 12.1 Å². The molecule has 1 aliphatic carbocycles. The van der Waals surface area contributed by atoms with E-state index in [2.05, 4.69) is 4.74 Å². The van der Waals surface area contributed by atoms with Crippen LogP contribution in [-0.2, 0) is 9.53 Å². The first-order chi connectivity index (χ1) is 6.84. The van der Waals surface area contributed by atoms with Gasteiger partial charge in [-0.3, -0.25) is 4.79 Å². The molecule has 1 aliphatic rings. The van der Waals surface area contributed by atoms with Crippen molar-refractivity contribution in [3.8, 4) is 0 Å². The van der Waals surface area contributed by atoms with Crippen molar-refractivity contribution in [3.63, 3.8) is 0 Å². The monoisotopic (exact) mass is 226 g/mol. The highest BCUT2D eigenvalue weighted by atomic mass is 19.4. The van der Waals surface area contributed by atoms with Gasteiger partial charge in [0, 0.05) is 0 Å². The van der Waals surface area contributed by atoms with E-state index in [1.165, 1.54) is 0 Å². The number of methoxy groups -OCH3 is 1. The number of carbonyl (C=O) groups is 1. The lowest BCUT2D eigenvalue weighted by Crippen LogP contribution is -2.38. The van der Waals surface area contributed by atoms with Crippen LogP contribution in [0.3, 0.4) is 0 Å². The zero-order valence-electron chi connectivity index (χ0n) is 8.25. The second kappa shape index (κ2) is 4.38. The minimum atomic E-state index is -4.35. The number of hydrogen-bond acceptors (Lipinski definition) is 3. The van der Waals surface area contributed by atoms with E-state index in [1.807, 2.05) is 0 Å². The molecule has 0 radical (unpaired) electrons. The van der Waals surface area contributed by atoms with E-state index in [4.69, 9.17) is 0 Å².